The first-order valence-electron chi connectivity index (χ1n) is 9.51. The SMILES string of the molecule is CCCC1CCC(CNC(C)C)(OCCC2CCC2)CC1. The van der Waals surface area contributed by atoms with E-state index in [1.807, 2.05) is 0 Å². The Morgan fingerprint density at radius 3 is 2.24 bits per heavy atom. The van der Waals surface area contributed by atoms with Crippen LogP contribution in [0.15, 0.2) is 0 Å². The van der Waals surface area contributed by atoms with Gasteiger partial charge in [-0.15, -0.1) is 0 Å². The molecule has 0 bridgehead atoms. The van der Waals surface area contributed by atoms with E-state index in [1.165, 1.54) is 64.2 Å². The predicted octanol–water partition coefficient (Wildman–Crippen LogP) is 4.92. The summed E-state index contributed by atoms with van der Waals surface area (Å²) in [5.74, 6) is 1.92. The molecule has 1 N–H and O–H groups in total. The Kier molecular flexibility index (Phi) is 7.01. The Labute approximate surface area is 132 Å². The van der Waals surface area contributed by atoms with E-state index in [-0.39, 0.29) is 5.60 Å². The Hall–Kier alpha value is -0.0800. The normalized spacial score (nSPS) is 30.6. The standard InChI is InChI=1S/C19H37NO/c1-4-6-17-9-12-19(13-10-17,15-20-16(2)3)21-14-11-18-7-5-8-18/h16-18,20H,4-15H2,1-3H3. The molecule has 2 nitrogen and oxygen atoms in total. The van der Waals surface area contributed by atoms with Crippen molar-refractivity contribution in [2.24, 2.45) is 11.8 Å². The molecule has 0 atom stereocenters. The van der Waals surface area contributed by atoms with E-state index in [0.29, 0.717) is 6.04 Å². The van der Waals surface area contributed by atoms with Crippen LogP contribution in [0.3, 0.4) is 0 Å². The highest BCUT2D eigenvalue weighted by molar-refractivity contribution is 4.90. The average molecular weight is 296 g/mol. The van der Waals surface area contributed by atoms with Gasteiger partial charge in [0, 0.05) is 19.2 Å². The van der Waals surface area contributed by atoms with Gasteiger partial charge in [0.1, 0.15) is 0 Å². The van der Waals surface area contributed by atoms with Gasteiger partial charge in [-0.05, 0) is 43.9 Å². The number of rotatable bonds is 9. The van der Waals surface area contributed by atoms with Crippen LogP contribution >= 0.6 is 0 Å². The summed E-state index contributed by atoms with van der Waals surface area (Å²) < 4.78 is 6.49. The lowest BCUT2D eigenvalue weighted by Gasteiger charge is -2.41. The zero-order valence-corrected chi connectivity index (χ0v) is 14.6. The summed E-state index contributed by atoms with van der Waals surface area (Å²) in [6.07, 6.45) is 13.7. The number of hydrogen-bond acceptors (Lipinski definition) is 2. The highest BCUT2D eigenvalue weighted by atomic mass is 16.5. The Bertz CT molecular complexity index is 277. The Morgan fingerprint density at radius 2 is 1.71 bits per heavy atom. The lowest BCUT2D eigenvalue weighted by atomic mass is 9.76. The smallest absolute Gasteiger partial charge is 0.0806 e. The summed E-state index contributed by atoms with van der Waals surface area (Å²) in [5.41, 5.74) is 0.137. The fourth-order valence-electron chi connectivity index (χ4n) is 3.89. The summed E-state index contributed by atoms with van der Waals surface area (Å²) in [4.78, 5) is 0. The van der Waals surface area contributed by atoms with Gasteiger partial charge in [-0.3, -0.25) is 0 Å². The molecule has 2 aliphatic carbocycles. The molecule has 0 aromatic rings. The van der Waals surface area contributed by atoms with Gasteiger partial charge in [0.25, 0.3) is 0 Å². The van der Waals surface area contributed by atoms with E-state index >= 15 is 0 Å². The Balaban J connectivity index is 1.78. The molecule has 0 unspecified atom stereocenters. The third-order valence-corrected chi connectivity index (χ3v) is 5.70. The number of ether oxygens (including phenoxy) is 1. The second-order valence-electron chi connectivity index (χ2n) is 7.88. The third kappa shape index (κ3) is 5.56. The van der Waals surface area contributed by atoms with Crippen LogP contribution in [0.5, 0.6) is 0 Å². The average Bonchev–Trinajstić information content (AvgIpc) is 2.42. The lowest BCUT2D eigenvalue weighted by Crippen LogP contribution is -2.48. The van der Waals surface area contributed by atoms with Gasteiger partial charge >= 0.3 is 0 Å². The third-order valence-electron chi connectivity index (χ3n) is 5.70. The minimum Gasteiger partial charge on any atom is -0.374 e. The van der Waals surface area contributed by atoms with Gasteiger partial charge in [-0.25, -0.2) is 0 Å². The molecule has 0 spiro atoms. The molecular formula is C19H37NO. The molecule has 0 aromatic carbocycles. The molecule has 2 saturated carbocycles. The lowest BCUT2D eigenvalue weighted by molar-refractivity contribution is -0.0834. The van der Waals surface area contributed by atoms with E-state index in [9.17, 15) is 0 Å². The first-order valence-corrected chi connectivity index (χ1v) is 9.51. The van der Waals surface area contributed by atoms with Crippen molar-refractivity contribution in [2.45, 2.75) is 96.6 Å². The maximum absolute atomic E-state index is 6.49. The number of nitrogens with one attached hydrogen (secondary N) is 1. The summed E-state index contributed by atoms with van der Waals surface area (Å²) in [6, 6.07) is 0.561. The molecule has 2 rings (SSSR count). The topological polar surface area (TPSA) is 21.3 Å². The van der Waals surface area contributed by atoms with Crippen LogP contribution in [-0.4, -0.2) is 24.8 Å². The van der Waals surface area contributed by atoms with Crippen molar-refractivity contribution in [1.82, 2.24) is 5.32 Å². The molecule has 2 heteroatoms. The molecule has 124 valence electrons. The maximum Gasteiger partial charge on any atom is 0.0806 e. The fourth-order valence-corrected chi connectivity index (χ4v) is 3.89. The van der Waals surface area contributed by atoms with Gasteiger partial charge in [0.15, 0.2) is 0 Å². The van der Waals surface area contributed by atoms with Crippen LogP contribution in [0.25, 0.3) is 0 Å². The molecule has 0 aliphatic heterocycles. The van der Waals surface area contributed by atoms with Crippen molar-refractivity contribution in [3.63, 3.8) is 0 Å². The highest BCUT2D eigenvalue weighted by Crippen LogP contribution is 2.37. The predicted molar refractivity (Wildman–Crippen MR) is 90.6 cm³/mol. The molecule has 0 heterocycles. The van der Waals surface area contributed by atoms with Gasteiger partial charge in [-0.1, -0.05) is 52.9 Å². The molecule has 0 aromatic heterocycles. The van der Waals surface area contributed by atoms with Crippen molar-refractivity contribution in [1.29, 1.82) is 0 Å². The zero-order chi connectivity index (χ0) is 15.1. The second-order valence-corrected chi connectivity index (χ2v) is 7.88. The quantitative estimate of drug-likeness (QED) is 0.652. The van der Waals surface area contributed by atoms with Crippen LogP contribution in [-0.2, 0) is 4.74 Å². The van der Waals surface area contributed by atoms with E-state index in [0.717, 1.165) is 25.0 Å². The molecule has 0 radical (unpaired) electrons. The van der Waals surface area contributed by atoms with E-state index in [4.69, 9.17) is 4.74 Å². The van der Waals surface area contributed by atoms with E-state index in [1.54, 1.807) is 0 Å². The van der Waals surface area contributed by atoms with Gasteiger partial charge < -0.3 is 10.1 Å². The van der Waals surface area contributed by atoms with Crippen molar-refractivity contribution in [3.8, 4) is 0 Å². The second kappa shape index (κ2) is 8.53. The summed E-state index contributed by atoms with van der Waals surface area (Å²) in [6.45, 7) is 8.84. The maximum atomic E-state index is 6.49. The first-order chi connectivity index (χ1) is 10.1. The zero-order valence-electron chi connectivity index (χ0n) is 14.6. The summed E-state index contributed by atoms with van der Waals surface area (Å²) >= 11 is 0. The van der Waals surface area contributed by atoms with Crippen LogP contribution in [0.2, 0.25) is 0 Å². The molecular weight excluding hydrogens is 258 g/mol. The molecule has 21 heavy (non-hydrogen) atoms. The molecule has 2 fully saturated rings. The van der Waals surface area contributed by atoms with Crippen molar-refractivity contribution < 1.29 is 4.74 Å². The minimum atomic E-state index is 0.137. The molecule has 2 aliphatic rings. The van der Waals surface area contributed by atoms with Gasteiger partial charge in [0.2, 0.25) is 0 Å². The van der Waals surface area contributed by atoms with Crippen LogP contribution in [0, 0.1) is 11.8 Å². The minimum absolute atomic E-state index is 0.137. The van der Waals surface area contributed by atoms with Gasteiger partial charge in [-0.2, -0.15) is 0 Å². The monoisotopic (exact) mass is 295 g/mol. The number of hydrogen-bond donors (Lipinski definition) is 1. The Morgan fingerprint density at radius 1 is 1.05 bits per heavy atom. The van der Waals surface area contributed by atoms with Crippen molar-refractivity contribution in [3.05, 3.63) is 0 Å². The summed E-state index contributed by atoms with van der Waals surface area (Å²) in [5, 5.41) is 3.64. The van der Waals surface area contributed by atoms with E-state index in [2.05, 4.69) is 26.1 Å². The molecule has 0 saturated heterocycles. The first kappa shape index (κ1) is 17.3. The van der Waals surface area contributed by atoms with Crippen molar-refractivity contribution >= 4 is 0 Å². The fraction of sp³-hybridized carbons (Fsp3) is 1.00. The van der Waals surface area contributed by atoms with Crippen molar-refractivity contribution in [2.75, 3.05) is 13.2 Å². The van der Waals surface area contributed by atoms with Crippen LogP contribution in [0.4, 0.5) is 0 Å². The van der Waals surface area contributed by atoms with Gasteiger partial charge in [0.05, 0.1) is 5.60 Å². The molecule has 0 amide bonds. The highest BCUT2D eigenvalue weighted by Gasteiger charge is 2.36. The van der Waals surface area contributed by atoms with Crippen LogP contribution in [0.1, 0.15) is 85.0 Å². The van der Waals surface area contributed by atoms with E-state index < -0.39 is 0 Å². The largest absolute Gasteiger partial charge is 0.374 e. The van der Waals surface area contributed by atoms with Crippen LogP contribution < -0.4 is 5.32 Å². The summed E-state index contributed by atoms with van der Waals surface area (Å²) in [7, 11) is 0.